The molecule has 2 aromatic carbocycles. The first-order valence-corrected chi connectivity index (χ1v) is 9.58. The van der Waals surface area contributed by atoms with Crippen molar-refractivity contribution in [2.24, 2.45) is 0 Å². The van der Waals surface area contributed by atoms with E-state index in [1.165, 1.54) is 5.56 Å². The molecule has 0 aliphatic carbocycles. The summed E-state index contributed by atoms with van der Waals surface area (Å²) in [5, 5.41) is 0. The number of amides is 2. The van der Waals surface area contributed by atoms with Crippen LogP contribution in [0.3, 0.4) is 0 Å². The van der Waals surface area contributed by atoms with E-state index in [1.807, 2.05) is 58.3 Å². The average molecular weight is 365 g/mol. The molecule has 0 spiro atoms. The molecule has 142 valence electrons. The average Bonchev–Trinajstić information content (AvgIpc) is 2.72. The second-order valence-electron chi connectivity index (χ2n) is 6.92. The van der Waals surface area contributed by atoms with Gasteiger partial charge in [-0.3, -0.25) is 9.59 Å². The highest BCUT2D eigenvalue weighted by molar-refractivity contribution is 5.94. The Morgan fingerprint density at radius 1 is 0.926 bits per heavy atom. The molecule has 1 aliphatic rings. The van der Waals surface area contributed by atoms with Crippen LogP contribution in [-0.2, 0) is 17.6 Å². The maximum absolute atomic E-state index is 12.6. The number of carbonyl (C=O) groups is 2. The fraction of sp³-hybridized carbons (Fsp3) is 0.364. The van der Waals surface area contributed by atoms with Crippen molar-refractivity contribution in [3.8, 4) is 0 Å². The van der Waals surface area contributed by atoms with Crippen LogP contribution in [0.15, 0.2) is 48.5 Å². The van der Waals surface area contributed by atoms with E-state index in [0.717, 1.165) is 17.7 Å². The Labute approximate surface area is 160 Å². The van der Waals surface area contributed by atoms with Crippen LogP contribution in [0.5, 0.6) is 0 Å². The first kappa shape index (κ1) is 19.0. The maximum Gasteiger partial charge on any atom is 0.253 e. The number of aryl methyl sites for hydroxylation is 2. The van der Waals surface area contributed by atoms with Gasteiger partial charge in [0.25, 0.3) is 5.91 Å². The van der Waals surface area contributed by atoms with E-state index < -0.39 is 0 Å². The molecule has 1 fully saturated rings. The summed E-state index contributed by atoms with van der Waals surface area (Å²) in [7, 11) is 0. The molecular formula is C22H27N3O2. The van der Waals surface area contributed by atoms with Crippen molar-refractivity contribution in [2.45, 2.75) is 26.2 Å². The van der Waals surface area contributed by atoms with Crippen LogP contribution in [0.4, 0.5) is 5.69 Å². The second-order valence-corrected chi connectivity index (χ2v) is 6.92. The Balaban J connectivity index is 1.49. The number of hydrogen-bond acceptors (Lipinski definition) is 3. The van der Waals surface area contributed by atoms with E-state index in [9.17, 15) is 9.59 Å². The van der Waals surface area contributed by atoms with E-state index in [2.05, 4.69) is 6.92 Å². The summed E-state index contributed by atoms with van der Waals surface area (Å²) < 4.78 is 0. The molecule has 0 saturated carbocycles. The Morgan fingerprint density at radius 2 is 1.56 bits per heavy atom. The summed E-state index contributed by atoms with van der Waals surface area (Å²) in [5.41, 5.74) is 9.62. The molecule has 0 bridgehead atoms. The van der Waals surface area contributed by atoms with Gasteiger partial charge in [0.1, 0.15) is 0 Å². The minimum Gasteiger partial charge on any atom is -0.399 e. The van der Waals surface area contributed by atoms with Crippen molar-refractivity contribution in [1.29, 1.82) is 0 Å². The van der Waals surface area contributed by atoms with Crippen molar-refractivity contribution in [3.05, 3.63) is 65.2 Å². The van der Waals surface area contributed by atoms with Crippen LogP contribution >= 0.6 is 0 Å². The summed E-state index contributed by atoms with van der Waals surface area (Å²) in [6.07, 6.45) is 2.05. The van der Waals surface area contributed by atoms with E-state index >= 15 is 0 Å². The molecule has 5 heteroatoms. The van der Waals surface area contributed by atoms with Gasteiger partial charge in [0.2, 0.25) is 5.91 Å². The van der Waals surface area contributed by atoms with Gasteiger partial charge in [-0.2, -0.15) is 0 Å². The molecule has 3 rings (SSSR count). The third-order valence-electron chi connectivity index (χ3n) is 5.19. The highest BCUT2D eigenvalue weighted by Gasteiger charge is 2.24. The van der Waals surface area contributed by atoms with E-state index in [0.29, 0.717) is 44.6 Å². The van der Waals surface area contributed by atoms with Crippen LogP contribution in [0.2, 0.25) is 0 Å². The van der Waals surface area contributed by atoms with Gasteiger partial charge in [-0.1, -0.05) is 37.3 Å². The topological polar surface area (TPSA) is 66.6 Å². The zero-order valence-corrected chi connectivity index (χ0v) is 15.9. The van der Waals surface area contributed by atoms with E-state index in [-0.39, 0.29) is 11.8 Å². The number of nitrogens with zero attached hydrogens (tertiary/aromatic N) is 2. The number of benzene rings is 2. The molecule has 2 aromatic rings. The Bertz CT molecular complexity index is 793. The third kappa shape index (κ3) is 4.67. The quantitative estimate of drug-likeness (QED) is 0.829. The largest absolute Gasteiger partial charge is 0.399 e. The Kier molecular flexibility index (Phi) is 6.12. The van der Waals surface area contributed by atoms with Gasteiger partial charge in [0.15, 0.2) is 0 Å². The summed E-state index contributed by atoms with van der Waals surface area (Å²) in [4.78, 5) is 28.8. The smallest absolute Gasteiger partial charge is 0.253 e. The minimum atomic E-state index is 0.0433. The minimum absolute atomic E-state index is 0.0433. The SMILES string of the molecule is CCc1ccc(C(=O)N2CCN(C(=O)CCc3ccccc3N)CC2)cc1. The van der Waals surface area contributed by atoms with Crippen molar-refractivity contribution >= 4 is 17.5 Å². The molecule has 0 unspecified atom stereocenters. The standard InChI is InChI=1S/C22H27N3O2/c1-2-17-7-9-19(10-8-17)22(27)25-15-13-24(14-16-25)21(26)12-11-18-5-3-4-6-20(18)23/h3-10H,2,11-16,23H2,1H3. The molecule has 1 aliphatic heterocycles. The summed E-state index contributed by atoms with van der Waals surface area (Å²) >= 11 is 0. The lowest BCUT2D eigenvalue weighted by molar-refractivity contribution is -0.132. The van der Waals surface area contributed by atoms with Crippen molar-refractivity contribution < 1.29 is 9.59 Å². The van der Waals surface area contributed by atoms with Crippen LogP contribution in [0, 0.1) is 0 Å². The monoisotopic (exact) mass is 365 g/mol. The van der Waals surface area contributed by atoms with Crippen molar-refractivity contribution in [3.63, 3.8) is 0 Å². The lowest BCUT2D eigenvalue weighted by Crippen LogP contribution is -2.50. The number of piperazine rings is 1. The second kappa shape index (κ2) is 8.71. The van der Waals surface area contributed by atoms with Gasteiger partial charge in [-0.25, -0.2) is 0 Å². The van der Waals surface area contributed by atoms with Crippen LogP contribution < -0.4 is 5.73 Å². The predicted molar refractivity (Wildman–Crippen MR) is 107 cm³/mol. The van der Waals surface area contributed by atoms with Gasteiger partial charge >= 0.3 is 0 Å². The highest BCUT2D eigenvalue weighted by atomic mass is 16.2. The summed E-state index contributed by atoms with van der Waals surface area (Å²) in [6.45, 7) is 4.42. The van der Waals surface area contributed by atoms with Crippen LogP contribution in [0.1, 0.15) is 34.8 Å². The van der Waals surface area contributed by atoms with Crippen molar-refractivity contribution in [2.75, 3.05) is 31.9 Å². The number of anilines is 1. The molecule has 0 aromatic heterocycles. The molecule has 5 nitrogen and oxygen atoms in total. The summed E-state index contributed by atoms with van der Waals surface area (Å²) in [5.74, 6) is 0.166. The normalized spacial score (nSPS) is 14.3. The number of carbonyl (C=O) groups excluding carboxylic acids is 2. The number of rotatable bonds is 5. The molecule has 1 heterocycles. The molecule has 0 atom stereocenters. The fourth-order valence-corrected chi connectivity index (χ4v) is 3.39. The molecule has 0 radical (unpaired) electrons. The van der Waals surface area contributed by atoms with Gasteiger partial charge < -0.3 is 15.5 Å². The predicted octanol–water partition coefficient (Wildman–Crippen LogP) is 2.75. The van der Waals surface area contributed by atoms with Gasteiger partial charge in [0, 0.05) is 43.9 Å². The molecule has 2 amide bonds. The lowest BCUT2D eigenvalue weighted by atomic mass is 10.1. The van der Waals surface area contributed by atoms with Crippen molar-refractivity contribution in [1.82, 2.24) is 9.80 Å². The van der Waals surface area contributed by atoms with Crippen LogP contribution in [0.25, 0.3) is 0 Å². The molecule has 1 saturated heterocycles. The highest BCUT2D eigenvalue weighted by Crippen LogP contribution is 2.15. The summed E-state index contributed by atoms with van der Waals surface area (Å²) in [6, 6.07) is 15.4. The van der Waals surface area contributed by atoms with Gasteiger partial charge in [0.05, 0.1) is 0 Å². The zero-order chi connectivity index (χ0) is 19.2. The van der Waals surface area contributed by atoms with Gasteiger partial charge in [-0.15, -0.1) is 0 Å². The first-order valence-electron chi connectivity index (χ1n) is 9.58. The Morgan fingerprint density at radius 3 is 2.19 bits per heavy atom. The lowest BCUT2D eigenvalue weighted by Gasteiger charge is -2.35. The first-order chi connectivity index (χ1) is 13.1. The van der Waals surface area contributed by atoms with E-state index in [1.54, 1.807) is 0 Å². The molecule has 2 N–H and O–H groups in total. The number of nitrogen functional groups attached to an aromatic ring is 1. The van der Waals surface area contributed by atoms with Crippen LogP contribution in [-0.4, -0.2) is 47.8 Å². The number of para-hydroxylation sites is 1. The van der Waals surface area contributed by atoms with E-state index in [4.69, 9.17) is 5.73 Å². The van der Waals surface area contributed by atoms with Gasteiger partial charge in [-0.05, 0) is 42.2 Å². The number of nitrogens with two attached hydrogens (primary N) is 1. The third-order valence-corrected chi connectivity index (χ3v) is 5.19. The maximum atomic E-state index is 12.6. The zero-order valence-electron chi connectivity index (χ0n) is 15.9. The molecular weight excluding hydrogens is 338 g/mol. The number of hydrogen-bond donors (Lipinski definition) is 1. The fourth-order valence-electron chi connectivity index (χ4n) is 3.39. The molecule has 27 heavy (non-hydrogen) atoms. The Hall–Kier alpha value is -2.82.